The number of hydrogen-bond donors (Lipinski definition) is 1. The third kappa shape index (κ3) is 6.36. The van der Waals surface area contributed by atoms with Gasteiger partial charge < -0.3 is 14.6 Å². The van der Waals surface area contributed by atoms with Gasteiger partial charge in [-0.25, -0.2) is 4.79 Å². The number of allylic oxidation sites excluding steroid dienone is 2. The predicted molar refractivity (Wildman–Crippen MR) is 136 cm³/mol. The first-order valence-electron chi connectivity index (χ1n) is 11.1. The standard InChI is InChI=1S/C28H24N2O6/c1-3-5-23-14-20(15-24(17-29)21-8-10-22(11-9-21)28(31)32)16-26(35-4-2)27(23)36-18-19-6-12-25(13-7-19)30(33)34/h3,6-16H,1,4-5,18H2,2H3,(H,31,32)/b24-15-. The number of aromatic carboxylic acids is 1. The third-order valence-electron chi connectivity index (χ3n) is 5.22. The Balaban J connectivity index is 1.96. The zero-order valence-electron chi connectivity index (χ0n) is 19.6. The molecule has 3 aromatic carbocycles. The number of nitro benzene ring substituents is 1. The minimum Gasteiger partial charge on any atom is -0.490 e. The molecule has 0 amide bonds. The fourth-order valence-electron chi connectivity index (χ4n) is 3.51. The highest BCUT2D eigenvalue weighted by Crippen LogP contribution is 2.36. The molecule has 0 saturated heterocycles. The molecule has 36 heavy (non-hydrogen) atoms. The molecule has 182 valence electrons. The monoisotopic (exact) mass is 484 g/mol. The molecule has 0 bridgehead atoms. The summed E-state index contributed by atoms with van der Waals surface area (Å²) in [4.78, 5) is 21.5. The van der Waals surface area contributed by atoms with Gasteiger partial charge in [0.25, 0.3) is 5.69 Å². The average molecular weight is 485 g/mol. The number of rotatable bonds is 11. The SMILES string of the molecule is C=CCc1cc(/C=C(/C#N)c2ccc(C(=O)O)cc2)cc(OCC)c1OCc1ccc([N+](=O)[O-])cc1. The van der Waals surface area contributed by atoms with E-state index in [4.69, 9.17) is 14.6 Å². The molecule has 0 unspecified atom stereocenters. The lowest BCUT2D eigenvalue weighted by molar-refractivity contribution is -0.384. The van der Waals surface area contributed by atoms with Crippen LogP contribution in [-0.4, -0.2) is 22.6 Å². The second-order valence-electron chi connectivity index (χ2n) is 7.70. The molecule has 0 saturated carbocycles. The van der Waals surface area contributed by atoms with E-state index in [0.717, 1.165) is 11.1 Å². The molecule has 8 heteroatoms. The van der Waals surface area contributed by atoms with Gasteiger partial charge >= 0.3 is 5.97 Å². The van der Waals surface area contributed by atoms with Gasteiger partial charge in [0, 0.05) is 17.7 Å². The van der Waals surface area contributed by atoms with Gasteiger partial charge in [-0.3, -0.25) is 10.1 Å². The topological polar surface area (TPSA) is 123 Å². The smallest absolute Gasteiger partial charge is 0.335 e. The van der Waals surface area contributed by atoms with Crippen LogP contribution in [0, 0.1) is 21.4 Å². The summed E-state index contributed by atoms with van der Waals surface area (Å²) >= 11 is 0. The van der Waals surface area contributed by atoms with E-state index in [2.05, 4.69) is 12.6 Å². The maximum atomic E-state index is 11.1. The third-order valence-corrected chi connectivity index (χ3v) is 5.22. The van der Waals surface area contributed by atoms with E-state index >= 15 is 0 Å². The van der Waals surface area contributed by atoms with E-state index in [1.54, 1.807) is 42.5 Å². The highest BCUT2D eigenvalue weighted by molar-refractivity contribution is 5.92. The first kappa shape index (κ1) is 25.7. The van der Waals surface area contributed by atoms with E-state index in [9.17, 15) is 20.2 Å². The normalized spacial score (nSPS) is 10.8. The maximum Gasteiger partial charge on any atom is 0.335 e. The van der Waals surface area contributed by atoms with Crippen molar-refractivity contribution >= 4 is 23.3 Å². The van der Waals surface area contributed by atoms with E-state index in [1.807, 2.05) is 13.0 Å². The molecule has 0 aliphatic heterocycles. The summed E-state index contributed by atoms with van der Waals surface area (Å²) in [5.74, 6) is -0.0242. The second kappa shape index (κ2) is 12.0. The Morgan fingerprint density at radius 2 is 1.78 bits per heavy atom. The van der Waals surface area contributed by atoms with E-state index in [0.29, 0.717) is 41.2 Å². The summed E-state index contributed by atoms with van der Waals surface area (Å²) in [6.07, 6.45) is 3.91. The van der Waals surface area contributed by atoms with Crippen molar-refractivity contribution in [1.82, 2.24) is 0 Å². The van der Waals surface area contributed by atoms with Crippen molar-refractivity contribution in [2.45, 2.75) is 20.0 Å². The molecule has 0 atom stereocenters. The number of nitriles is 1. The number of carbonyl (C=O) groups is 1. The lowest BCUT2D eigenvalue weighted by Crippen LogP contribution is -2.03. The number of carboxylic acids is 1. The molecule has 0 aliphatic carbocycles. The molecular weight excluding hydrogens is 460 g/mol. The quantitative estimate of drug-likeness (QED) is 0.115. The van der Waals surface area contributed by atoms with Crippen LogP contribution in [0.1, 0.15) is 39.5 Å². The summed E-state index contributed by atoms with van der Waals surface area (Å²) in [6.45, 7) is 6.23. The van der Waals surface area contributed by atoms with Crippen LogP contribution in [0.3, 0.4) is 0 Å². The number of nitro groups is 1. The number of ether oxygens (including phenoxy) is 2. The van der Waals surface area contributed by atoms with Crippen molar-refractivity contribution < 1.29 is 24.3 Å². The van der Waals surface area contributed by atoms with Crippen molar-refractivity contribution in [1.29, 1.82) is 5.26 Å². The second-order valence-corrected chi connectivity index (χ2v) is 7.70. The summed E-state index contributed by atoms with van der Waals surface area (Å²) in [5, 5.41) is 29.7. The summed E-state index contributed by atoms with van der Waals surface area (Å²) in [6, 6.07) is 18.0. The fraction of sp³-hybridized carbons (Fsp3) is 0.143. The predicted octanol–water partition coefficient (Wildman–Crippen LogP) is 6.06. The Bertz CT molecular complexity index is 1340. The lowest BCUT2D eigenvalue weighted by Gasteiger charge is -2.17. The summed E-state index contributed by atoms with van der Waals surface area (Å²) in [5.41, 5.74) is 3.34. The number of benzene rings is 3. The molecule has 0 heterocycles. The Morgan fingerprint density at radius 1 is 1.11 bits per heavy atom. The van der Waals surface area contributed by atoms with Crippen molar-refractivity contribution in [2.75, 3.05) is 6.61 Å². The molecule has 0 aliphatic rings. The molecule has 1 N–H and O–H groups in total. The molecule has 0 spiro atoms. The number of carboxylic acid groups (broad SMARTS) is 1. The summed E-state index contributed by atoms with van der Waals surface area (Å²) < 4.78 is 11.9. The fourth-order valence-corrected chi connectivity index (χ4v) is 3.51. The van der Waals surface area contributed by atoms with Gasteiger partial charge in [0.15, 0.2) is 11.5 Å². The van der Waals surface area contributed by atoms with E-state index < -0.39 is 10.9 Å². The largest absolute Gasteiger partial charge is 0.490 e. The molecule has 3 aromatic rings. The van der Waals surface area contributed by atoms with Crippen molar-refractivity contribution in [3.8, 4) is 17.6 Å². The molecule has 3 rings (SSSR count). The highest BCUT2D eigenvalue weighted by Gasteiger charge is 2.15. The van der Waals surface area contributed by atoms with Gasteiger partial charge in [-0.2, -0.15) is 5.26 Å². The van der Waals surface area contributed by atoms with Crippen LogP contribution >= 0.6 is 0 Å². The average Bonchev–Trinajstić information content (AvgIpc) is 2.87. The molecular formula is C28H24N2O6. The summed E-state index contributed by atoms with van der Waals surface area (Å²) in [7, 11) is 0. The Morgan fingerprint density at radius 3 is 2.33 bits per heavy atom. The highest BCUT2D eigenvalue weighted by atomic mass is 16.6. The van der Waals surface area contributed by atoms with Gasteiger partial charge in [0.1, 0.15) is 6.61 Å². The van der Waals surface area contributed by atoms with Crippen molar-refractivity contribution in [2.24, 2.45) is 0 Å². The Hall–Kier alpha value is -4.90. The van der Waals surface area contributed by atoms with E-state index in [1.165, 1.54) is 24.3 Å². The molecule has 8 nitrogen and oxygen atoms in total. The zero-order chi connectivity index (χ0) is 26.1. The first-order valence-corrected chi connectivity index (χ1v) is 11.1. The van der Waals surface area contributed by atoms with Crippen molar-refractivity contribution in [3.05, 3.63) is 111 Å². The molecule has 0 radical (unpaired) electrons. The van der Waals surface area contributed by atoms with E-state index in [-0.39, 0.29) is 17.9 Å². The molecule has 0 aromatic heterocycles. The van der Waals surface area contributed by atoms with Crippen LogP contribution in [0.25, 0.3) is 11.6 Å². The van der Waals surface area contributed by atoms with Crippen LogP contribution in [0.2, 0.25) is 0 Å². The van der Waals surface area contributed by atoms with Gasteiger partial charge in [-0.15, -0.1) is 6.58 Å². The first-order chi connectivity index (χ1) is 17.4. The zero-order valence-corrected chi connectivity index (χ0v) is 19.6. The minimum atomic E-state index is -1.04. The lowest BCUT2D eigenvalue weighted by atomic mass is 10.00. The van der Waals surface area contributed by atoms with Gasteiger partial charge in [-0.1, -0.05) is 18.2 Å². The van der Waals surface area contributed by atoms with Gasteiger partial charge in [0.2, 0.25) is 0 Å². The van der Waals surface area contributed by atoms with Crippen LogP contribution in [-0.2, 0) is 13.0 Å². The van der Waals surface area contributed by atoms with Crippen LogP contribution < -0.4 is 9.47 Å². The molecule has 0 fully saturated rings. The number of non-ortho nitro benzene ring substituents is 1. The Labute approximate surface area is 208 Å². The minimum absolute atomic E-state index is 0.00291. The van der Waals surface area contributed by atoms with Gasteiger partial charge in [-0.05, 0) is 72.5 Å². The van der Waals surface area contributed by atoms with Gasteiger partial charge in [0.05, 0.1) is 28.7 Å². The van der Waals surface area contributed by atoms with Crippen molar-refractivity contribution in [3.63, 3.8) is 0 Å². The van der Waals surface area contributed by atoms with Crippen LogP contribution in [0.15, 0.2) is 73.3 Å². The maximum absolute atomic E-state index is 11.1. The van der Waals surface area contributed by atoms with Crippen LogP contribution in [0.5, 0.6) is 11.5 Å². The van der Waals surface area contributed by atoms with Crippen LogP contribution in [0.4, 0.5) is 5.69 Å². The number of hydrogen-bond acceptors (Lipinski definition) is 6. The Kier molecular flexibility index (Phi) is 8.57. The number of nitrogens with zero attached hydrogens (tertiary/aromatic N) is 2.